The number of nitrogens with zero attached hydrogens (tertiary/aromatic N) is 1. The molecule has 0 aromatic heterocycles. The van der Waals surface area contributed by atoms with Gasteiger partial charge >= 0.3 is 0 Å². The molecule has 1 rings (SSSR count). The Kier molecular flexibility index (Phi) is 5.29. The maximum atomic E-state index is 3.62. The van der Waals surface area contributed by atoms with Crippen LogP contribution in [-0.2, 0) is 6.54 Å². The largest absolute Gasteiger partial charge is 0.374 e. The van der Waals surface area contributed by atoms with E-state index in [1.807, 2.05) is 7.05 Å². The summed E-state index contributed by atoms with van der Waals surface area (Å²) < 4.78 is 1.18. The normalized spacial score (nSPS) is 10.9. The molecular weight excluding hydrogens is 264 g/mol. The first-order valence-corrected chi connectivity index (χ1v) is 6.48. The minimum Gasteiger partial charge on any atom is -0.374 e. The van der Waals surface area contributed by atoms with Crippen molar-refractivity contribution in [2.24, 2.45) is 5.92 Å². The molecule has 0 fully saturated rings. The van der Waals surface area contributed by atoms with Gasteiger partial charge < -0.3 is 10.2 Å². The van der Waals surface area contributed by atoms with E-state index in [-0.39, 0.29) is 0 Å². The third kappa shape index (κ3) is 3.80. The van der Waals surface area contributed by atoms with Crippen molar-refractivity contribution in [2.45, 2.75) is 20.4 Å². The quantitative estimate of drug-likeness (QED) is 0.893. The van der Waals surface area contributed by atoms with Crippen molar-refractivity contribution in [3.8, 4) is 0 Å². The lowest BCUT2D eigenvalue weighted by Gasteiger charge is -2.22. The third-order valence-corrected chi connectivity index (χ3v) is 3.22. The van der Waals surface area contributed by atoms with Crippen LogP contribution in [0, 0.1) is 5.92 Å². The molecule has 1 aromatic carbocycles. The highest BCUT2D eigenvalue weighted by Crippen LogP contribution is 2.24. The van der Waals surface area contributed by atoms with Crippen LogP contribution in [0.25, 0.3) is 0 Å². The van der Waals surface area contributed by atoms with Gasteiger partial charge in [0.15, 0.2) is 0 Å². The predicted octanol–water partition coefficient (Wildman–Crippen LogP) is 3.26. The Bertz CT molecular complexity index is 337. The lowest BCUT2D eigenvalue weighted by atomic mass is 10.1. The molecule has 0 unspecified atom stereocenters. The summed E-state index contributed by atoms with van der Waals surface area (Å²) in [6.07, 6.45) is 0. The summed E-state index contributed by atoms with van der Waals surface area (Å²) in [5, 5.41) is 3.16. The van der Waals surface area contributed by atoms with Gasteiger partial charge in [0.25, 0.3) is 0 Å². The standard InChI is InChI=1S/C13H21BrN2/c1-10(2)9-16(4)12-6-5-11(8-15-3)13(14)7-12/h5-7,10,15H,8-9H2,1-4H3. The average Bonchev–Trinajstić information content (AvgIpc) is 2.20. The van der Waals surface area contributed by atoms with E-state index in [0.29, 0.717) is 5.92 Å². The number of nitrogens with one attached hydrogen (secondary N) is 1. The number of hydrogen-bond acceptors (Lipinski definition) is 2. The molecule has 0 atom stereocenters. The lowest BCUT2D eigenvalue weighted by Crippen LogP contribution is -2.22. The van der Waals surface area contributed by atoms with Crippen LogP contribution < -0.4 is 10.2 Å². The van der Waals surface area contributed by atoms with Gasteiger partial charge in [0.1, 0.15) is 0 Å². The summed E-state index contributed by atoms with van der Waals surface area (Å²) >= 11 is 3.62. The molecule has 0 saturated heterocycles. The Morgan fingerprint density at radius 1 is 1.38 bits per heavy atom. The van der Waals surface area contributed by atoms with E-state index in [4.69, 9.17) is 0 Å². The summed E-state index contributed by atoms with van der Waals surface area (Å²) in [6.45, 7) is 6.45. The maximum Gasteiger partial charge on any atom is 0.0375 e. The number of anilines is 1. The minimum atomic E-state index is 0.681. The van der Waals surface area contributed by atoms with E-state index in [9.17, 15) is 0 Å². The molecule has 16 heavy (non-hydrogen) atoms. The van der Waals surface area contributed by atoms with Crippen LogP contribution in [0.5, 0.6) is 0 Å². The van der Waals surface area contributed by atoms with Crippen LogP contribution in [0.15, 0.2) is 22.7 Å². The predicted molar refractivity (Wildman–Crippen MR) is 75.0 cm³/mol. The topological polar surface area (TPSA) is 15.3 Å². The molecule has 0 aliphatic heterocycles. The number of hydrogen-bond donors (Lipinski definition) is 1. The van der Waals surface area contributed by atoms with Crippen molar-refractivity contribution in [3.63, 3.8) is 0 Å². The van der Waals surface area contributed by atoms with Crippen LogP contribution >= 0.6 is 15.9 Å². The Hall–Kier alpha value is -0.540. The summed E-state index contributed by atoms with van der Waals surface area (Å²) in [4.78, 5) is 2.29. The summed E-state index contributed by atoms with van der Waals surface area (Å²) in [5.74, 6) is 0.681. The van der Waals surface area contributed by atoms with Gasteiger partial charge in [0, 0.05) is 30.3 Å². The lowest BCUT2D eigenvalue weighted by molar-refractivity contribution is 0.638. The molecule has 2 nitrogen and oxygen atoms in total. The molecule has 0 heterocycles. The molecule has 1 N–H and O–H groups in total. The Morgan fingerprint density at radius 3 is 2.56 bits per heavy atom. The van der Waals surface area contributed by atoms with Crippen LogP contribution in [0.2, 0.25) is 0 Å². The van der Waals surface area contributed by atoms with Crippen LogP contribution in [0.4, 0.5) is 5.69 Å². The van der Waals surface area contributed by atoms with E-state index in [2.05, 4.69) is 65.2 Å². The number of benzene rings is 1. The monoisotopic (exact) mass is 284 g/mol. The van der Waals surface area contributed by atoms with Gasteiger partial charge in [-0.25, -0.2) is 0 Å². The van der Waals surface area contributed by atoms with Gasteiger partial charge in [0.2, 0.25) is 0 Å². The van der Waals surface area contributed by atoms with Gasteiger partial charge in [0.05, 0.1) is 0 Å². The van der Waals surface area contributed by atoms with E-state index in [1.54, 1.807) is 0 Å². The molecule has 0 bridgehead atoms. The fraction of sp³-hybridized carbons (Fsp3) is 0.538. The van der Waals surface area contributed by atoms with Crippen molar-refractivity contribution < 1.29 is 0 Å². The number of rotatable bonds is 5. The van der Waals surface area contributed by atoms with E-state index in [0.717, 1.165) is 13.1 Å². The minimum absolute atomic E-state index is 0.681. The zero-order chi connectivity index (χ0) is 12.1. The molecule has 90 valence electrons. The Morgan fingerprint density at radius 2 is 2.06 bits per heavy atom. The zero-order valence-electron chi connectivity index (χ0n) is 10.5. The van der Waals surface area contributed by atoms with Gasteiger partial charge in [-0.05, 0) is 30.7 Å². The molecular formula is C13H21BrN2. The molecule has 3 heteroatoms. The Balaban J connectivity index is 2.79. The highest BCUT2D eigenvalue weighted by Gasteiger charge is 2.06. The maximum absolute atomic E-state index is 3.62. The summed E-state index contributed by atoms with van der Waals surface area (Å²) in [6, 6.07) is 6.54. The van der Waals surface area contributed by atoms with Gasteiger partial charge in [-0.15, -0.1) is 0 Å². The van der Waals surface area contributed by atoms with Crippen LogP contribution in [0.1, 0.15) is 19.4 Å². The zero-order valence-corrected chi connectivity index (χ0v) is 12.1. The SMILES string of the molecule is CNCc1ccc(N(C)CC(C)C)cc1Br. The van der Waals surface area contributed by atoms with Gasteiger partial charge in [-0.3, -0.25) is 0 Å². The second-order valence-corrected chi connectivity index (χ2v) is 5.43. The second-order valence-electron chi connectivity index (χ2n) is 4.58. The first kappa shape index (κ1) is 13.5. The molecule has 0 radical (unpaired) electrons. The van der Waals surface area contributed by atoms with E-state index < -0.39 is 0 Å². The summed E-state index contributed by atoms with van der Waals surface area (Å²) in [7, 11) is 4.10. The molecule has 1 aromatic rings. The molecule has 0 aliphatic carbocycles. The second kappa shape index (κ2) is 6.26. The van der Waals surface area contributed by atoms with Gasteiger partial charge in [-0.1, -0.05) is 35.8 Å². The Labute approximate surface area is 107 Å². The van der Waals surface area contributed by atoms with Crippen molar-refractivity contribution >= 4 is 21.6 Å². The first-order valence-electron chi connectivity index (χ1n) is 5.68. The highest BCUT2D eigenvalue weighted by atomic mass is 79.9. The molecule has 0 saturated carbocycles. The summed E-state index contributed by atoms with van der Waals surface area (Å²) in [5.41, 5.74) is 2.56. The molecule has 0 spiro atoms. The average molecular weight is 285 g/mol. The molecule has 0 aliphatic rings. The van der Waals surface area contributed by atoms with Gasteiger partial charge in [-0.2, -0.15) is 0 Å². The highest BCUT2D eigenvalue weighted by molar-refractivity contribution is 9.10. The van der Waals surface area contributed by atoms with Crippen molar-refractivity contribution in [1.29, 1.82) is 0 Å². The molecule has 0 amide bonds. The van der Waals surface area contributed by atoms with E-state index in [1.165, 1.54) is 15.7 Å². The fourth-order valence-electron chi connectivity index (χ4n) is 1.76. The van der Waals surface area contributed by atoms with Crippen molar-refractivity contribution in [3.05, 3.63) is 28.2 Å². The third-order valence-electron chi connectivity index (χ3n) is 2.48. The number of halogens is 1. The first-order chi connectivity index (χ1) is 7.54. The fourth-order valence-corrected chi connectivity index (χ4v) is 2.27. The van der Waals surface area contributed by atoms with Crippen LogP contribution in [-0.4, -0.2) is 20.6 Å². The van der Waals surface area contributed by atoms with Crippen LogP contribution in [0.3, 0.4) is 0 Å². The smallest absolute Gasteiger partial charge is 0.0375 e. The van der Waals surface area contributed by atoms with Crippen molar-refractivity contribution in [1.82, 2.24) is 5.32 Å². The van der Waals surface area contributed by atoms with E-state index >= 15 is 0 Å². The van der Waals surface area contributed by atoms with Crippen molar-refractivity contribution in [2.75, 3.05) is 25.5 Å².